The van der Waals surface area contributed by atoms with Gasteiger partial charge in [-0.15, -0.1) is 0 Å². The molecule has 3 amide bonds. The lowest BCUT2D eigenvalue weighted by atomic mass is 10.0. The van der Waals surface area contributed by atoms with Gasteiger partial charge in [-0.1, -0.05) is 38.1 Å². The van der Waals surface area contributed by atoms with Crippen molar-refractivity contribution in [3.63, 3.8) is 0 Å². The second kappa shape index (κ2) is 14.2. The number of phenolic OH excluding ortho intramolecular Hbond substituents is 2. The fourth-order valence-corrected chi connectivity index (χ4v) is 3.83. The summed E-state index contributed by atoms with van der Waals surface area (Å²) in [6.45, 7) is 3.27. The summed E-state index contributed by atoms with van der Waals surface area (Å²) in [5, 5.41) is 35.9. The molecule has 0 saturated heterocycles. The Kier molecular flexibility index (Phi) is 11.4. The number of thiol groups is 1. The Morgan fingerprint density at radius 1 is 0.763 bits per heavy atom. The van der Waals surface area contributed by atoms with Crippen LogP contribution in [0.4, 0.5) is 0 Å². The average Bonchev–Trinajstić information content (AvgIpc) is 2.87. The number of amides is 3. The monoisotopic (exact) mass is 546 g/mol. The Hall–Kier alpha value is -3.77. The summed E-state index contributed by atoms with van der Waals surface area (Å²) in [6.07, 6.45) is 0.168. The Labute approximate surface area is 226 Å². The van der Waals surface area contributed by atoms with Gasteiger partial charge in [-0.3, -0.25) is 14.4 Å². The van der Waals surface area contributed by atoms with Crippen molar-refractivity contribution in [3.8, 4) is 11.5 Å². The van der Waals surface area contributed by atoms with Gasteiger partial charge in [0.05, 0.1) is 6.04 Å². The summed E-state index contributed by atoms with van der Waals surface area (Å²) >= 11 is 4.12. The maximum Gasteiger partial charge on any atom is 0.326 e. The molecule has 11 nitrogen and oxygen atoms in total. The number of aromatic hydroxyl groups is 2. The van der Waals surface area contributed by atoms with Gasteiger partial charge in [-0.05, 0) is 47.7 Å². The zero-order valence-corrected chi connectivity index (χ0v) is 22.0. The summed E-state index contributed by atoms with van der Waals surface area (Å²) in [5.74, 6) is -3.68. The van der Waals surface area contributed by atoms with E-state index in [9.17, 15) is 34.5 Å². The van der Waals surface area contributed by atoms with Crippen LogP contribution >= 0.6 is 12.6 Å². The lowest BCUT2D eigenvalue weighted by molar-refractivity contribution is -0.143. The molecular formula is C26H34N4O7S. The van der Waals surface area contributed by atoms with Crippen LogP contribution in [0.5, 0.6) is 11.5 Å². The Balaban J connectivity index is 2.17. The molecule has 8 N–H and O–H groups in total. The highest BCUT2D eigenvalue weighted by Crippen LogP contribution is 2.13. The van der Waals surface area contributed by atoms with Crippen LogP contribution in [-0.2, 0) is 32.0 Å². The van der Waals surface area contributed by atoms with Gasteiger partial charge in [0.15, 0.2) is 0 Å². The molecule has 0 fully saturated rings. The molecule has 0 bridgehead atoms. The molecule has 0 saturated carbocycles. The van der Waals surface area contributed by atoms with Crippen LogP contribution in [0.2, 0.25) is 0 Å². The predicted octanol–water partition coefficient (Wildman–Crippen LogP) is 0.335. The molecule has 0 aliphatic carbocycles. The van der Waals surface area contributed by atoms with Gasteiger partial charge < -0.3 is 37.0 Å². The number of nitrogens with one attached hydrogen (secondary N) is 3. The molecule has 206 valence electrons. The topological polar surface area (TPSA) is 191 Å². The van der Waals surface area contributed by atoms with Gasteiger partial charge in [0.2, 0.25) is 17.7 Å². The van der Waals surface area contributed by atoms with E-state index in [0.29, 0.717) is 11.1 Å². The van der Waals surface area contributed by atoms with Gasteiger partial charge in [-0.2, -0.15) is 12.6 Å². The minimum atomic E-state index is -1.21. The van der Waals surface area contributed by atoms with E-state index in [0.717, 1.165) is 0 Å². The second-order valence-electron chi connectivity index (χ2n) is 9.22. The van der Waals surface area contributed by atoms with E-state index in [1.165, 1.54) is 24.3 Å². The van der Waals surface area contributed by atoms with Crippen molar-refractivity contribution in [1.29, 1.82) is 0 Å². The molecule has 0 spiro atoms. The minimum Gasteiger partial charge on any atom is -0.508 e. The van der Waals surface area contributed by atoms with Crippen molar-refractivity contribution >= 4 is 36.3 Å². The van der Waals surface area contributed by atoms with Crippen LogP contribution < -0.4 is 21.7 Å². The van der Waals surface area contributed by atoms with E-state index in [1.807, 2.05) is 0 Å². The molecule has 0 heterocycles. The minimum absolute atomic E-state index is 0.0223. The summed E-state index contributed by atoms with van der Waals surface area (Å²) < 4.78 is 0. The van der Waals surface area contributed by atoms with Crippen molar-refractivity contribution in [2.45, 2.75) is 50.9 Å². The SMILES string of the molecule is CC(C)C(NC(=O)C(CS)NC(=O)C(Cc1ccc(O)cc1)NC(=O)C(N)Cc1ccc(O)cc1)C(=O)O. The third-order valence-corrected chi connectivity index (χ3v) is 6.15. The van der Waals surface area contributed by atoms with Crippen molar-refractivity contribution in [1.82, 2.24) is 16.0 Å². The number of carboxylic acids is 1. The fraction of sp³-hybridized carbons (Fsp3) is 0.385. The van der Waals surface area contributed by atoms with Gasteiger partial charge in [-0.25, -0.2) is 4.79 Å². The van der Waals surface area contributed by atoms with Crippen LogP contribution in [-0.4, -0.2) is 68.9 Å². The molecule has 4 unspecified atom stereocenters. The zero-order chi connectivity index (χ0) is 28.4. The molecule has 0 aliphatic heterocycles. The van der Waals surface area contributed by atoms with Gasteiger partial charge in [0.25, 0.3) is 0 Å². The third kappa shape index (κ3) is 9.27. The van der Waals surface area contributed by atoms with E-state index in [2.05, 4.69) is 28.6 Å². The Bertz CT molecular complexity index is 1110. The highest BCUT2D eigenvalue weighted by atomic mass is 32.1. The molecule has 38 heavy (non-hydrogen) atoms. The van der Waals surface area contributed by atoms with Crippen LogP contribution in [0, 0.1) is 5.92 Å². The summed E-state index contributed by atoms with van der Waals surface area (Å²) in [6, 6.07) is 7.74. The standard InChI is InChI=1S/C26H34N4O7S/c1-14(2)22(26(36)37)30-25(35)21(13-38)29-24(34)20(12-16-5-9-18(32)10-6-16)28-23(33)19(27)11-15-3-7-17(31)8-4-15/h3-10,14,19-22,31-32,38H,11-13,27H2,1-2H3,(H,28,33)(H,29,34)(H,30,35)(H,36,37). The second-order valence-corrected chi connectivity index (χ2v) is 9.59. The molecule has 2 rings (SSSR count). The number of carbonyl (C=O) groups excluding carboxylic acids is 3. The van der Waals surface area contributed by atoms with Crippen LogP contribution in [0.1, 0.15) is 25.0 Å². The van der Waals surface area contributed by atoms with Gasteiger partial charge in [0, 0.05) is 12.2 Å². The lowest BCUT2D eigenvalue weighted by Crippen LogP contribution is -2.58. The number of rotatable bonds is 13. The van der Waals surface area contributed by atoms with E-state index in [4.69, 9.17) is 5.73 Å². The first kappa shape index (κ1) is 30.5. The average molecular weight is 547 g/mol. The smallest absolute Gasteiger partial charge is 0.326 e. The molecule has 4 atom stereocenters. The maximum absolute atomic E-state index is 13.2. The number of aliphatic carboxylic acids is 1. The highest BCUT2D eigenvalue weighted by Gasteiger charge is 2.31. The summed E-state index contributed by atoms with van der Waals surface area (Å²) in [7, 11) is 0. The molecule has 0 aliphatic rings. The summed E-state index contributed by atoms with van der Waals surface area (Å²) in [5.41, 5.74) is 7.39. The van der Waals surface area contributed by atoms with Crippen molar-refractivity contribution in [2.24, 2.45) is 11.7 Å². The molecular weight excluding hydrogens is 512 g/mol. The first-order valence-corrected chi connectivity index (χ1v) is 12.6. The van der Waals surface area contributed by atoms with Crippen LogP contribution in [0.25, 0.3) is 0 Å². The number of hydrogen-bond donors (Lipinski definition) is 8. The molecule has 2 aromatic rings. The van der Waals surface area contributed by atoms with Crippen LogP contribution in [0.3, 0.4) is 0 Å². The maximum atomic E-state index is 13.2. The predicted molar refractivity (Wildman–Crippen MR) is 144 cm³/mol. The van der Waals surface area contributed by atoms with E-state index >= 15 is 0 Å². The van der Waals surface area contributed by atoms with Crippen molar-refractivity contribution in [2.75, 3.05) is 5.75 Å². The fourth-order valence-electron chi connectivity index (χ4n) is 3.57. The Morgan fingerprint density at radius 3 is 1.66 bits per heavy atom. The third-order valence-electron chi connectivity index (χ3n) is 5.78. The summed E-state index contributed by atoms with van der Waals surface area (Å²) in [4.78, 5) is 50.3. The Morgan fingerprint density at radius 2 is 1.21 bits per heavy atom. The van der Waals surface area contributed by atoms with E-state index < -0.39 is 53.8 Å². The number of nitrogens with two attached hydrogens (primary N) is 1. The number of carbonyl (C=O) groups is 4. The normalized spacial score (nSPS) is 14.1. The molecule has 2 aromatic carbocycles. The highest BCUT2D eigenvalue weighted by molar-refractivity contribution is 7.80. The molecule has 0 radical (unpaired) electrons. The zero-order valence-electron chi connectivity index (χ0n) is 21.1. The van der Waals surface area contributed by atoms with Gasteiger partial charge in [0.1, 0.15) is 29.6 Å². The van der Waals surface area contributed by atoms with E-state index in [1.54, 1.807) is 38.1 Å². The molecule has 12 heteroatoms. The van der Waals surface area contributed by atoms with Crippen molar-refractivity contribution < 1.29 is 34.5 Å². The molecule has 0 aromatic heterocycles. The quantitative estimate of drug-likeness (QED) is 0.165. The van der Waals surface area contributed by atoms with Gasteiger partial charge >= 0.3 is 5.97 Å². The van der Waals surface area contributed by atoms with Crippen molar-refractivity contribution in [3.05, 3.63) is 59.7 Å². The lowest BCUT2D eigenvalue weighted by Gasteiger charge is -2.25. The van der Waals surface area contributed by atoms with E-state index in [-0.39, 0.29) is 30.1 Å². The first-order valence-electron chi connectivity index (χ1n) is 12.0. The number of hydrogen-bond acceptors (Lipinski definition) is 8. The number of carboxylic acid groups (broad SMARTS) is 1. The van der Waals surface area contributed by atoms with Crippen LogP contribution in [0.15, 0.2) is 48.5 Å². The number of phenols is 2. The first-order chi connectivity index (χ1) is 17.9. The largest absolute Gasteiger partial charge is 0.508 e. The number of benzene rings is 2.